The van der Waals surface area contributed by atoms with E-state index < -0.39 is 11.6 Å². The zero-order chi connectivity index (χ0) is 14.1. The first-order valence-electron chi connectivity index (χ1n) is 6.65. The van der Waals surface area contributed by atoms with Gasteiger partial charge in [0.1, 0.15) is 16.6 Å². The molecule has 1 aromatic heterocycles. The molecule has 3 nitrogen and oxygen atoms in total. The Balaban J connectivity index is 1.73. The Morgan fingerprint density at radius 2 is 2.05 bits per heavy atom. The minimum absolute atomic E-state index is 0.322. The molecule has 0 saturated heterocycles. The van der Waals surface area contributed by atoms with Crippen LogP contribution in [0.3, 0.4) is 0 Å². The smallest absolute Gasteiger partial charge is 0.150 e. The number of hydrogen-bond acceptors (Lipinski definition) is 4. The van der Waals surface area contributed by atoms with Gasteiger partial charge in [0.25, 0.3) is 0 Å². The normalized spacial score (nSPS) is 14.8. The Labute approximate surface area is 120 Å². The van der Waals surface area contributed by atoms with E-state index in [9.17, 15) is 8.78 Å². The molecule has 0 aliphatic heterocycles. The van der Waals surface area contributed by atoms with Gasteiger partial charge in [-0.3, -0.25) is 0 Å². The van der Waals surface area contributed by atoms with Crippen LogP contribution < -0.4 is 5.32 Å². The van der Waals surface area contributed by atoms with Gasteiger partial charge in [-0.1, -0.05) is 11.3 Å². The van der Waals surface area contributed by atoms with Crippen LogP contribution in [0.25, 0.3) is 10.6 Å². The van der Waals surface area contributed by atoms with Crippen LogP contribution in [-0.2, 0) is 6.42 Å². The zero-order valence-corrected chi connectivity index (χ0v) is 11.9. The van der Waals surface area contributed by atoms with Crippen LogP contribution in [0.1, 0.15) is 23.4 Å². The molecule has 1 saturated carbocycles. The van der Waals surface area contributed by atoms with Gasteiger partial charge in [0.2, 0.25) is 0 Å². The maximum Gasteiger partial charge on any atom is 0.150 e. The van der Waals surface area contributed by atoms with E-state index in [1.807, 2.05) is 0 Å². The van der Waals surface area contributed by atoms with E-state index in [0.29, 0.717) is 22.2 Å². The van der Waals surface area contributed by atoms with Crippen molar-refractivity contribution in [2.45, 2.75) is 32.2 Å². The van der Waals surface area contributed by atoms with Crippen LogP contribution in [0, 0.1) is 18.6 Å². The largest absolute Gasteiger partial charge is 0.314 e. The van der Waals surface area contributed by atoms with Gasteiger partial charge in [0.05, 0.1) is 0 Å². The molecule has 0 spiro atoms. The fourth-order valence-electron chi connectivity index (χ4n) is 1.96. The summed E-state index contributed by atoms with van der Waals surface area (Å²) >= 11 is 1.36. The number of rotatable bonds is 5. The molecule has 0 radical (unpaired) electrons. The van der Waals surface area contributed by atoms with Gasteiger partial charge < -0.3 is 5.32 Å². The molecule has 1 heterocycles. The standard InChI is InChI=1S/C14H15F2N3S/c1-8-6-10(12(16)7-11(8)15)14-19-18-13(20-14)4-5-17-9-2-3-9/h6-7,9,17H,2-5H2,1H3. The fraction of sp³-hybridized carbons (Fsp3) is 0.429. The summed E-state index contributed by atoms with van der Waals surface area (Å²) in [6.45, 7) is 2.48. The molecular formula is C14H15F2N3S. The molecule has 3 rings (SSSR count). The van der Waals surface area contributed by atoms with Crippen molar-refractivity contribution >= 4 is 11.3 Å². The van der Waals surface area contributed by atoms with Crippen molar-refractivity contribution in [1.29, 1.82) is 0 Å². The minimum atomic E-state index is -0.591. The Bertz CT molecular complexity index is 623. The summed E-state index contributed by atoms with van der Waals surface area (Å²) in [4.78, 5) is 0. The first kappa shape index (κ1) is 13.6. The van der Waals surface area contributed by atoms with Crippen LogP contribution in [0.15, 0.2) is 12.1 Å². The molecule has 1 aliphatic rings. The molecular weight excluding hydrogens is 280 g/mol. The van der Waals surface area contributed by atoms with Crippen LogP contribution >= 0.6 is 11.3 Å². The number of nitrogens with one attached hydrogen (secondary N) is 1. The number of aryl methyl sites for hydroxylation is 1. The van der Waals surface area contributed by atoms with E-state index in [2.05, 4.69) is 15.5 Å². The lowest BCUT2D eigenvalue weighted by Crippen LogP contribution is -2.19. The summed E-state index contributed by atoms with van der Waals surface area (Å²) in [7, 11) is 0. The summed E-state index contributed by atoms with van der Waals surface area (Å²) in [5.41, 5.74) is 0.733. The van der Waals surface area contributed by atoms with Gasteiger partial charge in [0.15, 0.2) is 5.01 Å². The van der Waals surface area contributed by atoms with Gasteiger partial charge in [-0.2, -0.15) is 0 Å². The predicted octanol–water partition coefficient (Wildman–Crippen LogP) is 3.09. The maximum absolute atomic E-state index is 13.8. The van der Waals surface area contributed by atoms with Crippen molar-refractivity contribution < 1.29 is 8.78 Å². The summed E-state index contributed by atoms with van der Waals surface area (Å²) in [6.07, 6.45) is 3.29. The molecule has 1 aliphatic carbocycles. The molecule has 1 fully saturated rings. The van der Waals surface area contributed by atoms with Gasteiger partial charge in [-0.05, 0) is 31.4 Å². The Morgan fingerprint density at radius 3 is 2.80 bits per heavy atom. The number of benzene rings is 1. The number of aromatic nitrogens is 2. The molecule has 1 N–H and O–H groups in total. The third-order valence-corrected chi connectivity index (χ3v) is 4.31. The molecule has 0 unspecified atom stereocenters. The monoisotopic (exact) mass is 295 g/mol. The highest BCUT2D eigenvalue weighted by molar-refractivity contribution is 7.14. The molecule has 0 atom stereocenters. The van der Waals surface area contributed by atoms with E-state index >= 15 is 0 Å². The van der Waals surface area contributed by atoms with Crippen molar-refractivity contribution in [3.05, 3.63) is 34.3 Å². The van der Waals surface area contributed by atoms with Crippen LogP contribution in [0.5, 0.6) is 0 Å². The number of nitrogens with zero attached hydrogens (tertiary/aromatic N) is 2. The molecule has 0 bridgehead atoms. The zero-order valence-electron chi connectivity index (χ0n) is 11.1. The summed E-state index contributed by atoms with van der Waals surface area (Å²) in [5.74, 6) is -1.13. The topological polar surface area (TPSA) is 37.8 Å². The van der Waals surface area contributed by atoms with E-state index in [0.717, 1.165) is 24.0 Å². The molecule has 1 aromatic carbocycles. The second kappa shape index (κ2) is 5.54. The van der Waals surface area contributed by atoms with Crippen molar-refractivity contribution in [2.24, 2.45) is 0 Å². The lowest BCUT2D eigenvalue weighted by atomic mass is 10.1. The molecule has 20 heavy (non-hydrogen) atoms. The average molecular weight is 295 g/mol. The van der Waals surface area contributed by atoms with Crippen molar-refractivity contribution in [3.8, 4) is 10.6 Å². The van der Waals surface area contributed by atoms with Crippen LogP contribution in [-0.4, -0.2) is 22.8 Å². The SMILES string of the molecule is Cc1cc(-c2nnc(CCNC3CC3)s2)c(F)cc1F. The Hall–Kier alpha value is -1.40. The molecule has 0 amide bonds. The first-order chi connectivity index (χ1) is 9.63. The number of halogens is 2. The number of hydrogen-bond donors (Lipinski definition) is 1. The molecule has 6 heteroatoms. The van der Waals surface area contributed by atoms with Crippen molar-refractivity contribution in [1.82, 2.24) is 15.5 Å². The average Bonchev–Trinajstić information content (AvgIpc) is 3.11. The Kier molecular flexibility index (Phi) is 3.76. The van der Waals surface area contributed by atoms with E-state index in [1.165, 1.54) is 30.2 Å². The van der Waals surface area contributed by atoms with Crippen LogP contribution in [0.2, 0.25) is 0 Å². The van der Waals surface area contributed by atoms with Gasteiger partial charge in [-0.25, -0.2) is 8.78 Å². The second-order valence-corrected chi connectivity index (χ2v) is 6.12. The fourth-order valence-corrected chi connectivity index (χ4v) is 2.81. The molecule has 2 aromatic rings. The predicted molar refractivity (Wildman–Crippen MR) is 74.7 cm³/mol. The lowest BCUT2D eigenvalue weighted by Gasteiger charge is -2.01. The summed E-state index contributed by atoms with van der Waals surface area (Å²) in [5, 5.41) is 12.9. The van der Waals surface area contributed by atoms with Gasteiger partial charge in [-0.15, -0.1) is 10.2 Å². The molecule has 106 valence electrons. The summed E-state index contributed by atoms with van der Waals surface area (Å²) < 4.78 is 27.0. The highest BCUT2D eigenvalue weighted by Gasteiger charge is 2.20. The highest BCUT2D eigenvalue weighted by atomic mass is 32.1. The van der Waals surface area contributed by atoms with Crippen molar-refractivity contribution in [3.63, 3.8) is 0 Å². The van der Waals surface area contributed by atoms with E-state index in [4.69, 9.17) is 0 Å². The third kappa shape index (κ3) is 3.02. The van der Waals surface area contributed by atoms with Gasteiger partial charge >= 0.3 is 0 Å². The second-order valence-electron chi connectivity index (χ2n) is 5.06. The lowest BCUT2D eigenvalue weighted by molar-refractivity contribution is 0.579. The summed E-state index contributed by atoms with van der Waals surface area (Å²) in [6, 6.07) is 3.05. The Morgan fingerprint density at radius 1 is 1.25 bits per heavy atom. The minimum Gasteiger partial charge on any atom is -0.314 e. The highest BCUT2D eigenvalue weighted by Crippen LogP contribution is 2.28. The van der Waals surface area contributed by atoms with Crippen LogP contribution in [0.4, 0.5) is 8.78 Å². The third-order valence-electron chi connectivity index (χ3n) is 3.29. The van der Waals surface area contributed by atoms with E-state index in [1.54, 1.807) is 6.92 Å². The van der Waals surface area contributed by atoms with E-state index in [-0.39, 0.29) is 0 Å². The first-order valence-corrected chi connectivity index (χ1v) is 7.47. The van der Waals surface area contributed by atoms with Crippen molar-refractivity contribution in [2.75, 3.05) is 6.54 Å². The van der Waals surface area contributed by atoms with Gasteiger partial charge in [0, 0.05) is 30.6 Å². The quantitative estimate of drug-likeness (QED) is 0.921. The maximum atomic E-state index is 13.8.